The molecule has 0 spiro atoms. The Morgan fingerprint density at radius 2 is 1.77 bits per heavy atom. The molecule has 1 fully saturated rings. The van der Waals surface area contributed by atoms with Gasteiger partial charge in [-0.1, -0.05) is 49.7 Å². The molecule has 1 aliphatic heterocycles. The lowest BCUT2D eigenvalue weighted by atomic mass is 9.87. The lowest BCUT2D eigenvalue weighted by molar-refractivity contribution is -0.231. The molecule has 0 amide bonds. The van der Waals surface area contributed by atoms with Crippen molar-refractivity contribution < 1.29 is 25.2 Å². The van der Waals surface area contributed by atoms with Gasteiger partial charge in [0.05, 0.1) is 6.61 Å². The maximum absolute atomic E-state index is 10.7. The zero-order valence-corrected chi connectivity index (χ0v) is 18.5. The van der Waals surface area contributed by atoms with Gasteiger partial charge in [0.1, 0.15) is 30.5 Å². The van der Waals surface area contributed by atoms with Crippen molar-refractivity contribution in [1.82, 2.24) is 0 Å². The minimum atomic E-state index is -1.37. The number of hydrogen-bond acceptors (Lipinski definition) is 6. The Labute approximate surface area is 186 Å². The maximum Gasteiger partial charge on any atom is 0.113 e. The SMILES string of the molecule is CCCCc1ccc(Cc2cc3ccccc3s2)cc1[C@@H]1OC(CO)C(O)C(O)[C@H]1O. The van der Waals surface area contributed by atoms with E-state index in [9.17, 15) is 20.4 Å². The average Bonchev–Trinajstić information content (AvgIpc) is 3.19. The van der Waals surface area contributed by atoms with Gasteiger partial charge in [-0.05, 0) is 47.1 Å². The fraction of sp³-hybridized carbons (Fsp3) is 0.440. The van der Waals surface area contributed by atoms with Crippen LogP contribution in [0.4, 0.5) is 0 Å². The molecule has 0 radical (unpaired) electrons. The van der Waals surface area contributed by atoms with Gasteiger partial charge in [-0.2, -0.15) is 0 Å². The summed E-state index contributed by atoms with van der Waals surface area (Å²) < 4.78 is 7.14. The van der Waals surface area contributed by atoms with Gasteiger partial charge < -0.3 is 25.2 Å². The Hall–Kier alpha value is -1.80. The van der Waals surface area contributed by atoms with Crippen LogP contribution in [0, 0.1) is 0 Å². The summed E-state index contributed by atoms with van der Waals surface area (Å²) in [6.45, 7) is 1.70. The molecule has 0 bridgehead atoms. The van der Waals surface area contributed by atoms with E-state index in [-0.39, 0.29) is 0 Å². The van der Waals surface area contributed by atoms with Crippen molar-refractivity contribution in [3.63, 3.8) is 0 Å². The first-order valence-corrected chi connectivity index (χ1v) is 11.7. The molecule has 4 rings (SSSR count). The van der Waals surface area contributed by atoms with Crippen LogP contribution in [-0.2, 0) is 17.6 Å². The topological polar surface area (TPSA) is 90.2 Å². The van der Waals surface area contributed by atoms with Gasteiger partial charge in [-0.3, -0.25) is 0 Å². The molecule has 5 nitrogen and oxygen atoms in total. The standard InChI is InChI=1S/C25H30O5S/c1-2-3-6-16-10-9-15(11-18-13-17-7-4-5-8-21(17)31-18)12-19(16)25-24(29)23(28)22(27)20(14-26)30-25/h4-5,7-10,12-13,20,22-29H,2-3,6,11,14H2,1H3/t20?,22?,23?,24-,25+/m1/s1. The highest BCUT2D eigenvalue weighted by Crippen LogP contribution is 2.36. The van der Waals surface area contributed by atoms with Crippen LogP contribution in [0.2, 0.25) is 0 Å². The van der Waals surface area contributed by atoms with E-state index in [4.69, 9.17) is 4.74 Å². The lowest BCUT2D eigenvalue weighted by Gasteiger charge is -2.41. The molecule has 3 aromatic rings. The maximum atomic E-state index is 10.7. The molecule has 0 saturated carbocycles. The van der Waals surface area contributed by atoms with Gasteiger partial charge in [0.2, 0.25) is 0 Å². The highest BCUT2D eigenvalue weighted by atomic mass is 32.1. The van der Waals surface area contributed by atoms with Crippen molar-refractivity contribution in [2.45, 2.75) is 63.1 Å². The quantitative estimate of drug-likeness (QED) is 0.451. The number of rotatable bonds is 7. The molecule has 1 saturated heterocycles. The first kappa shape index (κ1) is 22.4. The van der Waals surface area contributed by atoms with Crippen LogP contribution in [0.15, 0.2) is 48.5 Å². The van der Waals surface area contributed by atoms with E-state index in [1.165, 1.54) is 15.0 Å². The second-order valence-corrected chi connectivity index (χ2v) is 9.48. The molecule has 6 heteroatoms. The summed E-state index contributed by atoms with van der Waals surface area (Å²) in [6, 6.07) is 16.8. The van der Waals surface area contributed by atoms with E-state index < -0.39 is 37.1 Å². The third-order valence-corrected chi connectivity index (χ3v) is 7.18. The van der Waals surface area contributed by atoms with E-state index in [0.29, 0.717) is 0 Å². The number of benzene rings is 2. The van der Waals surface area contributed by atoms with Crippen molar-refractivity contribution in [2.24, 2.45) is 0 Å². The summed E-state index contributed by atoms with van der Waals surface area (Å²) in [7, 11) is 0. The second kappa shape index (κ2) is 9.77. The number of hydrogen-bond donors (Lipinski definition) is 4. The summed E-state index contributed by atoms with van der Waals surface area (Å²) in [6.07, 6.45) is -2.06. The number of aliphatic hydroxyl groups is 4. The predicted octanol–water partition coefficient (Wildman–Crippen LogP) is 3.35. The number of aliphatic hydroxyl groups excluding tert-OH is 4. The Balaban J connectivity index is 1.67. The van der Waals surface area contributed by atoms with Crippen molar-refractivity contribution in [3.8, 4) is 0 Å². The van der Waals surface area contributed by atoms with E-state index in [1.54, 1.807) is 11.3 Å². The molecule has 2 aromatic carbocycles. The monoisotopic (exact) mass is 442 g/mol. The van der Waals surface area contributed by atoms with E-state index >= 15 is 0 Å². The highest BCUT2D eigenvalue weighted by Gasteiger charge is 2.44. The first-order chi connectivity index (χ1) is 15.0. The normalized spacial score (nSPS) is 26.4. The van der Waals surface area contributed by atoms with Crippen LogP contribution in [0.1, 0.15) is 47.4 Å². The van der Waals surface area contributed by atoms with Crippen LogP contribution in [0.5, 0.6) is 0 Å². The summed E-state index contributed by atoms with van der Waals surface area (Å²) in [5.41, 5.74) is 2.98. The van der Waals surface area contributed by atoms with E-state index in [0.717, 1.165) is 42.4 Å². The van der Waals surface area contributed by atoms with Gasteiger partial charge in [0.25, 0.3) is 0 Å². The summed E-state index contributed by atoms with van der Waals surface area (Å²) in [4.78, 5) is 1.25. The number of fused-ring (bicyclic) bond motifs is 1. The van der Waals surface area contributed by atoms with Crippen LogP contribution in [0.3, 0.4) is 0 Å². The van der Waals surface area contributed by atoms with Gasteiger partial charge >= 0.3 is 0 Å². The Morgan fingerprint density at radius 1 is 0.968 bits per heavy atom. The van der Waals surface area contributed by atoms with Crippen LogP contribution >= 0.6 is 11.3 Å². The van der Waals surface area contributed by atoms with E-state index in [1.807, 2.05) is 18.2 Å². The Bertz CT molecular complexity index is 981. The van der Waals surface area contributed by atoms with Crippen molar-refractivity contribution in [3.05, 3.63) is 70.1 Å². The third kappa shape index (κ3) is 4.70. The van der Waals surface area contributed by atoms with Crippen LogP contribution in [0.25, 0.3) is 10.1 Å². The Kier molecular flexibility index (Phi) is 7.06. The molecule has 166 valence electrons. The third-order valence-electron chi connectivity index (χ3n) is 6.06. The zero-order valence-electron chi connectivity index (χ0n) is 17.6. The first-order valence-electron chi connectivity index (χ1n) is 10.9. The molecule has 1 aromatic heterocycles. The molecular formula is C25H30O5S. The average molecular weight is 443 g/mol. The van der Waals surface area contributed by atoms with Crippen LogP contribution < -0.4 is 0 Å². The van der Waals surface area contributed by atoms with Gasteiger partial charge in [0, 0.05) is 16.0 Å². The van der Waals surface area contributed by atoms with Crippen molar-refractivity contribution in [2.75, 3.05) is 6.61 Å². The summed E-state index contributed by atoms with van der Waals surface area (Å²) in [5.74, 6) is 0. The second-order valence-electron chi connectivity index (χ2n) is 8.31. The van der Waals surface area contributed by atoms with E-state index in [2.05, 4.69) is 37.3 Å². The number of ether oxygens (including phenoxy) is 1. The fourth-order valence-corrected chi connectivity index (χ4v) is 5.40. The lowest BCUT2D eigenvalue weighted by Crippen LogP contribution is -2.55. The minimum Gasteiger partial charge on any atom is -0.394 e. The van der Waals surface area contributed by atoms with Gasteiger partial charge in [-0.15, -0.1) is 11.3 Å². The Morgan fingerprint density at radius 3 is 2.52 bits per heavy atom. The van der Waals surface area contributed by atoms with Crippen LogP contribution in [-0.4, -0.2) is 51.4 Å². The minimum absolute atomic E-state index is 0.423. The molecule has 4 N–H and O–H groups in total. The number of thiophene rings is 1. The highest BCUT2D eigenvalue weighted by molar-refractivity contribution is 7.19. The number of aryl methyl sites for hydroxylation is 1. The summed E-state index contributed by atoms with van der Waals surface area (Å²) in [5, 5.41) is 42.0. The van der Waals surface area contributed by atoms with Gasteiger partial charge in [0.15, 0.2) is 0 Å². The smallest absolute Gasteiger partial charge is 0.113 e. The number of unbranched alkanes of at least 4 members (excludes halogenated alkanes) is 1. The molecule has 5 atom stereocenters. The molecule has 3 unspecified atom stereocenters. The summed E-state index contributed by atoms with van der Waals surface area (Å²) >= 11 is 1.77. The fourth-order valence-electron chi connectivity index (χ4n) is 4.30. The molecule has 0 aliphatic carbocycles. The zero-order chi connectivity index (χ0) is 22.0. The molecular weight excluding hydrogens is 412 g/mol. The molecule has 1 aliphatic rings. The van der Waals surface area contributed by atoms with Crippen molar-refractivity contribution >= 4 is 21.4 Å². The molecule has 2 heterocycles. The predicted molar refractivity (Wildman–Crippen MR) is 122 cm³/mol. The molecule has 31 heavy (non-hydrogen) atoms. The van der Waals surface area contributed by atoms with Gasteiger partial charge in [-0.25, -0.2) is 0 Å². The largest absolute Gasteiger partial charge is 0.394 e. The van der Waals surface area contributed by atoms with Crippen molar-refractivity contribution in [1.29, 1.82) is 0 Å².